The fourth-order valence-corrected chi connectivity index (χ4v) is 2.73. The minimum atomic E-state index is -0.825. The second-order valence-electron chi connectivity index (χ2n) is 5.06. The highest BCUT2D eigenvalue weighted by molar-refractivity contribution is 6.30. The van der Waals surface area contributed by atoms with Crippen molar-refractivity contribution < 1.29 is 5.11 Å². The monoisotopic (exact) mass is 293 g/mol. The lowest BCUT2D eigenvalue weighted by atomic mass is 9.88. The highest BCUT2D eigenvalue weighted by atomic mass is 35.5. The summed E-state index contributed by atoms with van der Waals surface area (Å²) in [5, 5.41) is 15.4. The molecule has 7 heteroatoms. The third-order valence-electron chi connectivity index (χ3n) is 3.78. The SMILES string of the molecule is Cn1nccc1C1(O)CCN(c2ncc(Cl)cn2)CC1. The van der Waals surface area contributed by atoms with E-state index in [9.17, 15) is 5.11 Å². The van der Waals surface area contributed by atoms with E-state index in [0.29, 0.717) is 36.9 Å². The van der Waals surface area contributed by atoms with Gasteiger partial charge in [0, 0.05) is 26.3 Å². The summed E-state index contributed by atoms with van der Waals surface area (Å²) >= 11 is 5.79. The van der Waals surface area contributed by atoms with Gasteiger partial charge in [-0.05, 0) is 18.9 Å². The van der Waals surface area contributed by atoms with Gasteiger partial charge in [0.25, 0.3) is 0 Å². The summed E-state index contributed by atoms with van der Waals surface area (Å²) < 4.78 is 1.73. The van der Waals surface area contributed by atoms with E-state index >= 15 is 0 Å². The van der Waals surface area contributed by atoms with Crippen molar-refractivity contribution in [2.24, 2.45) is 7.05 Å². The van der Waals surface area contributed by atoms with Crippen molar-refractivity contribution in [3.05, 3.63) is 35.4 Å². The average molecular weight is 294 g/mol. The zero-order valence-electron chi connectivity index (χ0n) is 11.2. The van der Waals surface area contributed by atoms with Crippen LogP contribution >= 0.6 is 11.6 Å². The Morgan fingerprint density at radius 1 is 1.25 bits per heavy atom. The lowest BCUT2D eigenvalue weighted by molar-refractivity contribution is 0.00391. The van der Waals surface area contributed by atoms with Gasteiger partial charge in [-0.25, -0.2) is 9.97 Å². The molecule has 0 bridgehead atoms. The van der Waals surface area contributed by atoms with Gasteiger partial charge in [0.2, 0.25) is 5.95 Å². The molecule has 0 atom stereocenters. The van der Waals surface area contributed by atoms with E-state index in [2.05, 4.69) is 20.0 Å². The number of aliphatic hydroxyl groups is 1. The molecule has 0 amide bonds. The van der Waals surface area contributed by atoms with Crippen LogP contribution in [0, 0.1) is 0 Å². The zero-order valence-corrected chi connectivity index (χ0v) is 12.0. The Morgan fingerprint density at radius 3 is 2.45 bits per heavy atom. The van der Waals surface area contributed by atoms with Crippen molar-refractivity contribution in [2.75, 3.05) is 18.0 Å². The van der Waals surface area contributed by atoms with Gasteiger partial charge in [-0.1, -0.05) is 11.6 Å². The molecule has 3 heterocycles. The normalized spacial score (nSPS) is 18.2. The van der Waals surface area contributed by atoms with Gasteiger partial charge >= 0.3 is 0 Å². The highest BCUT2D eigenvalue weighted by Gasteiger charge is 2.36. The van der Waals surface area contributed by atoms with Crippen LogP contribution in [0.4, 0.5) is 5.95 Å². The summed E-state index contributed by atoms with van der Waals surface area (Å²) in [5.41, 5.74) is 0.0305. The van der Waals surface area contributed by atoms with E-state index in [1.165, 1.54) is 0 Å². The predicted molar refractivity (Wildman–Crippen MR) is 75.6 cm³/mol. The molecule has 2 aromatic heterocycles. The molecule has 20 heavy (non-hydrogen) atoms. The third kappa shape index (κ3) is 2.36. The Labute approximate surface area is 122 Å². The number of aromatic nitrogens is 4. The van der Waals surface area contributed by atoms with Crippen molar-refractivity contribution in [2.45, 2.75) is 18.4 Å². The maximum atomic E-state index is 10.8. The molecular weight excluding hydrogens is 278 g/mol. The number of halogens is 1. The lowest BCUT2D eigenvalue weighted by Gasteiger charge is -2.38. The number of nitrogens with zero attached hydrogens (tertiary/aromatic N) is 5. The molecule has 1 N–H and O–H groups in total. The first-order valence-corrected chi connectivity index (χ1v) is 6.90. The number of anilines is 1. The van der Waals surface area contributed by atoms with Crippen molar-refractivity contribution in [1.29, 1.82) is 0 Å². The number of rotatable bonds is 2. The first-order valence-electron chi connectivity index (χ1n) is 6.52. The Balaban J connectivity index is 1.73. The summed E-state index contributed by atoms with van der Waals surface area (Å²) in [6.45, 7) is 1.40. The van der Waals surface area contributed by atoms with E-state index in [1.54, 1.807) is 23.3 Å². The van der Waals surface area contributed by atoms with E-state index in [0.717, 1.165) is 5.69 Å². The molecule has 2 aromatic rings. The fourth-order valence-electron chi connectivity index (χ4n) is 2.63. The number of hydrogen-bond acceptors (Lipinski definition) is 5. The quantitative estimate of drug-likeness (QED) is 0.905. The van der Waals surface area contributed by atoms with Gasteiger partial charge in [-0.15, -0.1) is 0 Å². The van der Waals surface area contributed by atoms with E-state index in [-0.39, 0.29) is 0 Å². The van der Waals surface area contributed by atoms with Crippen LogP contribution in [0.25, 0.3) is 0 Å². The zero-order chi connectivity index (χ0) is 14.2. The van der Waals surface area contributed by atoms with E-state index in [1.807, 2.05) is 13.1 Å². The summed E-state index contributed by atoms with van der Waals surface area (Å²) in [4.78, 5) is 10.5. The molecule has 0 saturated carbocycles. The predicted octanol–water partition coefficient (Wildman–Crippen LogP) is 1.35. The Hall–Kier alpha value is -1.66. The third-order valence-corrected chi connectivity index (χ3v) is 3.97. The second kappa shape index (κ2) is 5.03. The van der Waals surface area contributed by atoms with Crippen molar-refractivity contribution in [1.82, 2.24) is 19.7 Å². The average Bonchev–Trinajstić information content (AvgIpc) is 2.88. The lowest BCUT2D eigenvalue weighted by Crippen LogP contribution is -2.44. The number of piperidine rings is 1. The Bertz CT molecular complexity index is 589. The molecule has 0 aromatic carbocycles. The molecule has 1 aliphatic rings. The highest BCUT2D eigenvalue weighted by Crippen LogP contribution is 2.33. The van der Waals surface area contributed by atoms with Crippen LogP contribution in [0.2, 0.25) is 5.02 Å². The van der Waals surface area contributed by atoms with Crippen LogP contribution in [0.5, 0.6) is 0 Å². The summed E-state index contributed by atoms with van der Waals surface area (Å²) in [6, 6.07) is 1.87. The summed E-state index contributed by atoms with van der Waals surface area (Å²) in [6.07, 6.45) is 6.14. The number of aryl methyl sites for hydroxylation is 1. The van der Waals surface area contributed by atoms with Crippen LogP contribution in [0.15, 0.2) is 24.7 Å². The van der Waals surface area contributed by atoms with Gasteiger partial charge < -0.3 is 10.0 Å². The molecule has 0 radical (unpaired) electrons. The summed E-state index contributed by atoms with van der Waals surface area (Å²) in [5.74, 6) is 0.654. The first kappa shape index (κ1) is 13.3. The molecular formula is C13H16ClN5O. The van der Waals surface area contributed by atoms with Crippen molar-refractivity contribution in [3.63, 3.8) is 0 Å². The number of hydrogen-bond donors (Lipinski definition) is 1. The molecule has 0 unspecified atom stereocenters. The largest absolute Gasteiger partial charge is 0.383 e. The van der Waals surface area contributed by atoms with Gasteiger partial charge in [-0.2, -0.15) is 5.10 Å². The topological polar surface area (TPSA) is 67.1 Å². The minimum Gasteiger partial charge on any atom is -0.383 e. The molecule has 6 nitrogen and oxygen atoms in total. The fraction of sp³-hybridized carbons (Fsp3) is 0.462. The summed E-state index contributed by atoms with van der Waals surface area (Å²) in [7, 11) is 1.85. The minimum absolute atomic E-state index is 0.525. The van der Waals surface area contributed by atoms with Crippen molar-refractivity contribution >= 4 is 17.5 Å². The van der Waals surface area contributed by atoms with E-state index < -0.39 is 5.60 Å². The standard InChI is InChI=1S/C13H16ClN5O/c1-18-11(2-5-17-18)13(20)3-6-19(7-4-13)12-15-8-10(14)9-16-12/h2,5,8-9,20H,3-4,6-7H2,1H3. The van der Waals surface area contributed by atoms with Crippen LogP contribution < -0.4 is 4.90 Å². The van der Waals surface area contributed by atoms with Crippen LogP contribution in [-0.2, 0) is 12.6 Å². The molecule has 0 spiro atoms. The van der Waals surface area contributed by atoms with Crippen molar-refractivity contribution in [3.8, 4) is 0 Å². The maximum Gasteiger partial charge on any atom is 0.225 e. The van der Waals surface area contributed by atoms with Crippen LogP contribution in [0.1, 0.15) is 18.5 Å². The van der Waals surface area contributed by atoms with E-state index in [4.69, 9.17) is 11.6 Å². The second-order valence-corrected chi connectivity index (χ2v) is 5.50. The van der Waals surface area contributed by atoms with Gasteiger partial charge in [0.1, 0.15) is 5.60 Å². The van der Waals surface area contributed by atoms with Gasteiger partial charge in [-0.3, -0.25) is 4.68 Å². The first-order chi connectivity index (χ1) is 9.58. The van der Waals surface area contributed by atoms with Crippen LogP contribution in [-0.4, -0.2) is 37.9 Å². The molecule has 0 aliphatic carbocycles. The Morgan fingerprint density at radius 2 is 1.90 bits per heavy atom. The van der Waals surface area contributed by atoms with Gasteiger partial charge in [0.15, 0.2) is 0 Å². The smallest absolute Gasteiger partial charge is 0.225 e. The van der Waals surface area contributed by atoms with Gasteiger partial charge in [0.05, 0.1) is 23.1 Å². The molecule has 1 aliphatic heterocycles. The molecule has 1 fully saturated rings. The van der Waals surface area contributed by atoms with Crippen LogP contribution in [0.3, 0.4) is 0 Å². The Kier molecular flexibility index (Phi) is 3.35. The molecule has 1 saturated heterocycles. The molecule has 3 rings (SSSR count). The maximum absolute atomic E-state index is 10.8. The molecule has 106 valence electrons.